The van der Waals surface area contributed by atoms with Gasteiger partial charge in [0.05, 0.1) is 19.2 Å². The predicted molar refractivity (Wildman–Crippen MR) is 118 cm³/mol. The lowest BCUT2D eigenvalue weighted by atomic mass is 9.96. The van der Waals surface area contributed by atoms with E-state index in [2.05, 4.69) is 20.3 Å². The number of nitrogens with zero attached hydrogens (tertiary/aromatic N) is 5. The summed E-state index contributed by atoms with van der Waals surface area (Å²) in [6.07, 6.45) is -2.24. The van der Waals surface area contributed by atoms with Crippen LogP contribution in [-0.4, -0.2) is 96.9 Å². The van der Waals surface area contributed by atoms with E-state index in [0.29, 0.717) is 0 Å². The van der Waals surface area contributed by atoms with Crippen LogP contribution >= 0.6 is 18.6 Å². The molecule has 0 radical (unpaired) electrons. The van der Waals surface area contributed by atoms with Crippen LogP contribution in [0.2, 0.25) is 0 Å². The van der Waals surface area contributed by atoms with Crippen molar-refractivity contribution in [3.63, 3.8) is 0 Å². The molecule has 2 aromatic heterocycles. The van der Waals surface area contributed by atoms with Crippen LogP contribution in [0.3, 0.4) is 0 Å². The zero-order valence-corrected chi connectivity index (χ0v) is 20.0. The highest BCUT2D eigenvalue weighted by atomic mass is 32.7. The largest absolute Gasteiger partial charge is 0.585 e. The quantitative estimate of drug-likeness (QED) is 0.255. The van der Waals surface area contributed by atoms with Crippen molar-refractivity contribution in [2.45, 2.75) is 37.0 Å². The second-order valence-corrected chi connectivity index (χ2v) is 10.8. The second kappa shape index (κ2) is 9.20. The van der Waals surface area contributed by atoms with Gasteiger partial charge in [-0.3, -0.25) is 14.7 Å². The van der Waals surface area contributed by atoms with Crippen LogP contribution in [0, 0.1) is 0 Å². The highest BCUT2D eigenvalue weighted by molar-refractivity contribution is 8.50. The van der Waals surface area contributed by atoms with Crippen molar-refractivity contribution < 1.29 is 38.4 Å². The minimum absolute atomic E-state index is 0.0572. The number of hydrogen-bond acceptors (Lipinski definition) is 13. The number of fused-ring (bicyclic) bond motifs is 1. The Labute approximate surface area is 197 Å². The average Bonchev–Trinajstić information content (AvgIpc) is 3.37. The summed E-state index contributed by atoms with van der Waals surface area (Å²) in [5.41, 5.74) is 4.44. The van der Waals surface area contributed by atoms with Crippen molar-refractivity contribution in [2.75, 3.05) is 32.3 Å². The molecule has 15 nitrogen and oxygen atoms in total. The number of amides is 3. The Morgan fingerprint density at radius 2 is 2.15 bits per heavy atom. The molecule has 2 saturated heterocycles. The zero-order chi connectivity index (χ0) is 24.8. The summed E-state index contributed by atoms with van der Waals surface area (Å²) in [5, 5.41) is 23.8. The average molecular weight is 516 g/mol. The third kappa shape index (κ3) is 4.28. The van der Waals surface area contributed by atoms with Gasteiger partial charge in [0, 0.05) is 7.05 Å². The van der Waals surface area contributed by atoms with E-state index in [0.717, 1.165) is 11.4 Å². The summed E-state index contributed by atoms with van der Waals surface area (Å²) in [6, 6.07) is -1.29. The molecule has 3 amide bonds. The fourth-order valence-corrected chi connectivity index (χ4v) is 5.86. The first-order valence-electron chi connectivity index (χ1n) is 9.95. The number of imide groups is 1. The van der Waals surface area contributed by atoms with Crippen molar-refractivity contribution >= 4 is 47.7 Å². The molecule has 0 saturated carbocycles. The summed E-state index contributed by atoms with van der Waals surface area (Å²) < 4.78 is 30.0. The van der Waals surface area contributed by atoms with E-state index in [1.165, 1.54) is 36.9 Å². The molecule has 0 aromatic carbocycles. The summed E-state index contributed by atoms with van der Waals surface area (Å²) in [4.78, 5) is 36.7. The first-order valence-corrected chi connectivity index (χ1v) is 12.7. The van der Waals surface area contributed by atoms with E-state index in [9.17, 15) is 24.4 Å². The summed E-state index contributed by atoms with van der Waals surface area (Å²) >= 11 is 0.846. The number of nitrogens with two attached hydrogens (primary N) is 1. The molecular formula is C17H23N7O8PS+. The topological polar surface area (TPSA) is 204 Å². The number of aromatic nitrogens is 4. The number of urea groups is 1. The number of ether oxygens (including phenoxy) is 2. The van der Waals surface area contributed by atoms with Crippen LogP contribution in [0.15, 0.2) is 6.33 Å². The number of carbonyl (C=O) groups excluding carboxylic acids is 2. The number of likely N-dealkylation sites (N-methyl/N-ethyl adjacent to an activating group) is 1. The van der Waals surface area contributed by atoms with Gasteiger partial charge in [0.1, 0.15) is 30.5 Å². The molecule has 4 heterocycles. The maximum absolute atomic E-state index is 12.3. The van der Waals surface area contributed by atoms with Gasteiger partial charge in [-0.15, -0.1) is 4.52 Å². The van der Waals surface area contributed by atoms with Crippen molar-refractivity contribution in [1.29, 1.82) is 0 Å². The highest BCUT2D eigenvalue weighted by Gasteiger charge is 2.54. The Bertz CT molecular complexity index is 1150. The van der Waals surface area contributed by atoms with Crippen molar-refractivity contribution in [2.24, 2.45) is 0 Å². The monoisotopic (exact) mass is 516 g/mol. The number of aliphatic hydroxyl groups excluding tert-OH is 1. The van der Waals surface area contributed by atoms with Crippen molar-refractivity contribution in [3.8, 4) is 5.88 Å². The lowest BCUT2D eigenvalue weighted by molar-refractivity contribution is -0.120. The number of nitrogens with one attached hydrogen (secondary N) is 1. The van der Waals surface area contributed by atoms with Gasteiger partial charge in [0.25, 0.3) is 5.91 Å². The van der Waals surface area contributed by atoms with Gasteiger partial charge in [0.15, 0.2) is 28.8 Å². The third-order valence-electron chi connectivity index (χ3n) is 5.61. The van der Waals surface area contributed by atoms with E-state index in [1.54, 1.807) is 0 Å². The Morgan fingerprint density at radius 1 is 1.41 bits per heavy atom. The molecule has 1 unspecified atom stereocenters. The number of nitrogen functional groups attached to an aromatic ring is 1. The molecule has 0 spiro atoms. The van der Waals surface area contributed by atoms with Crippen LogP contribution < -0.4 is 15.8 Å². The Balaban J connectivity index is 1.42. The molecule has 184 valence electrons. The number of methoxy groups -OCH3 is 1. The molecule has 2 aliphatic heterocycles. The van der Waals surface area contributed by atoms with E-state index < -0.39 is 49.2 Å². The van der Waals surface area contributed by atoms with E-state index in [-0.39, 0.29) is 35.4 Å². The van der Waals surface area contributed by atoms with E-state index >= 15 is 0 Å². The SMILES string of the molecule is COc1nc(N)nc2c1ncn2[C@@H]1O[C@H](CO[P+](=O)SC[C@H]2C(=O)NC(=O)N2C)[C@@H](O)[C@@]1(C)O. The summed E-state index contributed by atoms with van der Waals surface area (Å²) in [7, 11) is 0.543. The fraction of sp³-hybridized carbons (Fsp3) is 0.588. The zero-order valence-electron chi connectivity index (χ0n) is 18.3. The number of rotatable bonds is 8. The molecule has 0 aliphatic carbocycles. The molecule has 0 bridgehead atoms. The lowest BCUT2D eigenvalue weighted by Crippen LogP contribution is -2.44. The van der Waals surface area contributed by atoms with Gasteiger partial charge in [-0.05, 0) is 11.5 Å². The Morgan fingerprint density at radius 3 is 2.79 bits per heavy atom. The number of anilines is 1. The standard InChI is InChI=1S/C17H22N7O8PS/c1-17(28)10(25)8(4-31-33(29)34-5-7-12(26)21-16(27)23(7)2)32-14(17)24-6-19-9-11(24)20-15(18)22-13(9)30-3/h6-8,10,14,25,28H,4-5H2,1-3H3,(H2-,18,20,21,22,26,27)/p+1/t7-,8+,10+,14+,17+/m0/s1. The van der Waals surface area contributed by atoms with Crippen LogP contribution in [0.4, 0.5) is 10.7 Å². The molecule has 34 heavy (non-hydrogen) atoms. The molecule has 4 rings (SSSR count). The Kier molecular flexibility index (Phi) is 6.63. The minimum atomic E-state index is -2.31. The molecule has 2 aliphatic rings. The van der Waals surface area contributed by atoms with Crippen molar-refractivity contribution in [3.05, 3.63) is 6.33 Å². The maximum Gasteiger partial charge on any atom is 0.585 e. The van der Waals surface area contributed by atoms with Gasteiger partial charge in [-0.2, -0.15) is 9.97 Å². The van der Waals surface area contributed by atoms with Gasteiger partial charge >= 0.3 is 13.3 Å². The highest BCUT2D eigenvalue weighted by Crippen LogP contribution is 2.44. The van der Waals surface area contributed by atoms with Crippen molar-refractivity contribution in [1.82, 2.24) is 29.7 Å². The molecule has 17 heteroatoms. The first-order chi connectivity index (χ1) is 16.0. The number of aliphatic hydroxyl groups is 2. The lowest BCUT2D eigenvalue weighted by Gasteiger charge is -2.27. The molecule has 2 aromatic rings. The van der Waals surface area contributed by atoms with E-state index in [4.69, 9.17) is 19.7 Å². The minimum Gasteiger partial charge on any atom is -0.479 e. The van der Waals surface area contributed by atoms with Gasteiger partial charge < -0.3 is 30.3 Å². The van der Waals surface area contributed by atoms with Gasteiger partial charge in [0.2, 0.25) is 11.8 Å². The molecule has 5 N–H and O–H groups in total. The number of carbonyl (C=O) groups is 2. The van der Waals surface area contributed by atoms with E-state index in [1.807, 2.05) is 0 Å². The van der Waals surface area contributed by atoms with Gasteiger partial charge in [-0.25, -0.2) is 9.78 Å². The second-order valence-electron chi connectivity index (χ2n) is 7.85. The number of imidazole rings is 1. The van der Waals surface area contributed by atoms with Crippen LogP contribution in [0.1, 0.15) is 13.2 Å². The van der Waals surface area contributed by atoms with Crippen LogP contribution in [0.25, 0.3) is 11.2 Å². The fourth-order valence-electron chi connectivity index (χ4n) is 3.68. The summed E-state index contributed by atoms with van der Waals surface area (Å²) in [5.74, 6) is -0.370. The first kappa shape index (κ1) is 24.5. The normalized spacial score (nSPS) is 29.7. The molecule has 2 fully saturated rings. The third-order valence-corrected chi connectivity index (χ3v) is 8.04. The summed E-state index contributed by atoms with van der Waals surface area (Å²) in [6.45, 7) is 1.06. The van der Waals surface area contributed by atoms with Gasteiger partial charge in [-0.1, -0.05) is 0 Å². The molecule has 6 atom stereocenters. The maximum atomic E-state index is 12.3. The Hall–Kier alpha value is -2.62. The smallest absolute Gasteiger partial charge is 0.479 e. The van der Waals surface area contributed by atoms with Crippen LogP contribution in [-0.2, 0) is 18.6 Å². The van der Waals surface area contributed by atoms with Crippen LogP contribution in [0.5, 0.6) is 5.88 Å². The predicted octanol–water partition coefficient (Wildman–Crippen LogP) is -0.616. The molecular weight excluding hydrogens is 493 g/mol. The number of hydrogen-bond donors (Lipinski definition) is 4.